The molecule has 1 N–H and O–H groups in total. The standard InChI is InChI=1S/C10H14N2O/c1-3-8(2)12-10(13)9-4-6-11-7-5-9/h4-8H,3H2,1-2H3,(H,12,13)/t8-/m0/s1. The topological polar surface area (TPSA) is 42.0 Å². The van der Waals surface area contributed by atoms with Gasteiger partial charge in [-0.25, -0.2) is 0 Å². The maximum absolute atomic E-state index is 11.5. The van der Waals surface area contributed by atoms with Gasteiger partial charge in [-0.2, -0.15) is 0 Å². The van der Waals surface area contributed by atoms with E-state index >= 15 is 0 Å². The molecule has 0 aromatic carbocycles. The van der Waals surface area contributed by atoms with Crippen LogP contribution in [0.15, 0.2) is 24.5 Å². The monoisotopic (exact) mass is 178 g/mol. The number of nitrogens with zero attached hydrogens (tertiary/aromatic N) is 1. The lowest BCUT2D eigenvalue weighted by molar-refractivity contribution is 0.0939. The predicted molar refractivity (Wildman–Crippen MR) is 51.5 cm³/mol. The third kappa shape index (κ3) is 2.86. The van der Waals surface area contributed by atoms with Crippen LogP contribution in [-0.4, -0.2) is 16.9 Å². The van der Waals surface area contributed by atoms with Crippen molar-refractivity contribution < 1.29 is 4.79 Å². The average molecular weight is 178 g/mol. The van der Waals surface area contributed by atoms with Crippen LogP contribution in [0.4, 0.5) is 0 Å². The Morgan fingerprint density at radius 2 is 2.15 bits per heavy atom. The molecular formula is C10H14N2O. The molecular weight excluding hydrogens is 164 g/mol. The number of aromatic nitrogens is 1. The summed E-state index contributed by atoms with van der Waals surface area (Å²) in [4.78, 5) is 15.3. The van der Waals surface area contributed by atoms with E-state index in [0.717, 1.165) is 6.42 Å². The Hall–Kier alpha value is -1.38. The van der Waals surface area contributed by atoms with Crippen molar-refractivity contribution >= 4 is 5.91 Å². The van der Waals surface area contributed by atoms with Crippen LogP contribution in [0.1, 0.15) is 30.6 Å². The van der Waals surface area contributed by atoms with Gasteiger partial charge in [0.25, 0.3) is 5.91 Å². The first-order valence-electron chi connectivity index (χ1n) is 4.45. The first-order chi connectivity index (χ1) is 6.24. The maximum Gasteiger partial charge on any atom is 0.251 e. The van der Waals surface area contributed by atoms with E-state index in [1.807, 2.05) is 13.8 Å². The molecule has 70 valence electrons. The second-order valence-electron chi connectivity index (χ2n) is 3.02. The molecule has 0 bridgehead atoms. The van der Waals surface area contributed by atoms with Crippen molar-refractivity contribution in [2.75, 3.05) is 0 Å². The van der Waals surface area contributed by atoms with Crippen molar-refractivity contribution in [3.05, 3.63) is 30.1 Å². The Morgan fingerprint density at radius 3 is 2.69 bits per heavy atom. The van der Waals surface area contributed by atoms with Gasteiger partial charge in [-0.05, 0) is 25.5 Å². The molecule has 0 spiro atoms. The maximum atomic E-state index is 11.5. The number of carbonyl (C=O) groups excluding carboxylic acids is 1. The van der Waals surface area contributed by atoms with Gasteiger partial charge < -0.3 is 5.32 Å². The van der Waals surface area contributed by atoms with Crippen LogP contribution >= 0.6 is 0 Å². The van der Waals surface area contributed by atoms with Gasteiger partial charge in [0.2, 0.25) is 0 Å². The van der Waals surface area contributed by atoms with Crippen LogP contribution in [0.3, 0.4) is 0 Å². The fraction of sp³-hybridized carbons (Fsp3) is 0.400. The molecule has 1 atom stereocenters. The van der Waals surface area contributed by atoms with Crippen LogP contribution in [0.2, 0.25) is 0 Å². The summed E-state index contributed by atoms with van der Waals surface area (Å²) in [6.45, 7) is 4.02. The number of rotatable bonds is 3. The van der Waals surface area contributed by atoms with Crippen LogP contribution in [0.5, 0.6) is 0 Å². The third-order valence-corrected chi connectivity index (χ3v) is 1.93. The lowest BCUT2D eigenvalue weighted by Crippen LogP contribution is -2.31. The lowest BCUT2D eigenvalue weighted by Gasteiger charge is -2.10. The highest BCUT2D eigenvalue weighted by molar-refractivity contribution is 5.94. The fourth-order valence-electron chi connectivity index (χ4n) is 0.912. The molecule has 1 heterocycles. The molecule has 0 radical (unpaired) electrons. The van der Waals surface area contributed by atoms with Gasteiger partial charge in [0, 0.05) is 24.0 Å². The highest BCUT2D eigenvalue weighted by atomic mass is 16.1. The Morgan fingerprint density at radius 1 is 1.54 bits per heavy atom. The molecule has 3 heteroatoms. The zero-order valence-electron chi connectivity index (χ0n) is 7.95. The summed E-state index contributed by atoms with van der Waals surface area (Å²) in [7, 11) is 0. The van der Waals surface area contributed by atoms with Crippen LogP contribution in [0, 0.1) is 0 Å². The van der Waals surface area contributed by atoms with Gasteiger partial charge in [0.15, 0.2) is 0 Å². The van der Waals surface area contributed by atoms with E-state index in [1.165, 1.54) is 0 Å². The Kier molecular flexibility index (Phi) is 3.43. The molecule has 1 aromatic heterocycles. The van der Waals surface area contributed by atoms with E-state index in [-0.39, 0.29) is 11.9 Å². The molecule has 3 nitrogen and oxygen atoms in total. The fourth-order valence-corrected chi connectivity index (χ4v) is 0.912. The largest absolute Gasteiger partial charge is 0.350 e. The van der Waals surface area contributed by atoms with Gasteiger partial charge in [0.1, 0.15) is 0 Å². The van der Waals surface area contributed by atoms with Crippen LogP contribution in [-0.2, 0) is 0 Å². The summed E-state index contributed by atoms with van der Waals surface area (Å²) in [6.07, 6.45) is 4.17. The van der Waals surface area contributed by atoms with E-state index in [1.54, 1.807) is 24.5 Å². The Labute approximate surface area is 78.2 Å². The van der Waals surface area contributed by atoms with Gasteiger partial charge in [-0.15, -0.1) is 0 Å². The number of carbonyl (C=O) groups is 1. The lowest BCUT2D eigenvalue weighted by atomic mass is 10.2. The number of hydrogen-bond donors (Lipinski definition) is 1. The summed E-state index contributed by atoms with van der Waals surface area (Å²) in [5, 5.41) is 2.88. The van der Waals surface area contributed by atoms with E-state index < -0.39 is 0 Å². The minimum Gasteiger partial charge on any atom is -0.350 e. The van der Waals surface area contributed by atoms with Crippen molar-refractivity contribution in [3.8, 4) is 0 Å². The summed E-state index contributed by atoms with van der Waals surface area (Å²) in [5.41, 5.74) is 0.662. The number of nitrogens with one attached hydrogen (secondary N) is 1. The molecule has 0 aliphatic carbocycles. The zero-order chi connectivity index (χ0) is 9.68. The van der Waals surface area contributed by atoms with Crippen LogP contribution in [0.25, 0.3) is 0 Å². The van der Waals surface area contributed by atoms with Crippen molar-refractivity contribution in [1.82, 2.24) is 10.3 Å². The molecule has 0 aliphatic rings. The minimum atomic E-state index is -0.0308. The molecule has 0 fully saturated rings. The van der Waals surface area contributed by atoms with Crippen molar-refractivity contribution in [3.63, 3.8) is 0 Å². The van der Waals surface area contributed by atoms with Crippen molar-refractivity contribution in [2.24, 2.45) is 0 Å². The number of amides is 1. The third-order valence-electron chi connectivity index (χ3n) is 1.93. The summed E-state index contributed by atoms with van der Waals surface area (Å²) in [5.74, 6) is -0.0308. The number of pyridine rings is 1. The molecule has 0 saturated carbocycles. The summed E-state index contributed by atoms with van der Waals surface area (Å²) >= 11 is 0. The van der Waals surface area contributed by atoms with E-state index in [0.29, 0.717) is 5.56 Å². The predicted octanol–water partition coefficient (Wildman–Crippen LogP) is 1.61. The second kappa shape index (κ2) is 4.60. The summed E-state index contributed by atoms with van der Waals surface area (Å²) in [6, 6.07) is 3.63. The van der Waals surface area contributed by atoms with E-state index in [2.05, 4.69) is 10.3 Å². The highest BCUT2D eigenvalue weighted by Gasteiger charge is 2.06. The molecule has 1 rings (SSSR count). The van der Waals surface area contributed by atoms with E-state index in [4.69, 9.17) is 0 Å². The van der Waals surface area contributed by atoms with Crippen molar-refractivity contribution in [1.29, 1.82) is 0 Å². The molecule has 1 amide bonds. The van der Waals surface area contributed by atoms with Gasteiger partial charge >= 0.3 is 0 Å². The SMILES string of the molecule is CC[C@H](C)NC(=O)c1ccncc1. The second-order valence-corrected chi connectivity index (χ2v) is 3.02. The molecule has 1 aromatic rings. The molecule has 0 unspecified atom stereocenters. The average Bonchev–Trinajstić information content (AvgIpc) is 2.19. The van der Waals surface area contributed by atoms with E-state index in [9.17, 15) is 4.79 Å². The van der Waals surface area contributed by atoms with Gasteiger partial charge in [-0.1, -0.05) is 6.92 Å². The first-order valence-corrected chi connectivity index (χ1v) is 4.45. The van der Waals surface area contributed by atoms with Crippen molar-refractivity contribution in [2.45, 2.75) is 26.3 Å². The Bertz CT molecular complexity index is 272. The summed E-state index contributed by atoms with van der Waals surface area (Å²) < 4.78 is 0. The molecule has 13 heavy (non-hydrogen) atoms. The molecule has 0 saturated heterocycles. The smallest absolute Gasteiger partial charge is 0.251 e. The highest BCUT2D eigenvalue weighted by Crippen LogP contribution is 1.97. The Balaban J connectivity index is 2.59. The van der Waals surface area contributed by atoms with Gasteiger partial charge in [-0.3, -0.25) is 9.78 Å². The minimum absolute atomic E-state index is 0.0308. The zero-order valence-corrected chi connectivity index (χ0v) is 7.95. The normalized spacial score (nSPS) is 12.2. The number of hydrogen-bond acceptors (Lipinski definition) is 2. The van der Waals surface area contributed by atoms with Gasteiger partial charge in [0.05, 0.1) is 0 Å². The quantitative estimate of drug-likeness (QED) is 0.764. The van der Waals surface area contributed by atoms with Crippen LogP contribution < -0.4 is 5.32 Å². The first kappa shape index (κ1) is 9.71. The molecule has 0 aliphatic heterocycles.